The predicted molar refractivity (Wildman–Crippen MR) is 129 cm³/mol. The van der Waals surface area contributed by atoms with Crippen LogP contribution >= 0.6 is 0 Å². The summed E-state index contributed by atoms with van der Waals surface area (Å²) in [5.41, 5.74) is 0.181. The Morgan fingerprint density at radius 2 is 2.06 bits per heavy atom. The van der Waals surface area contributed by atoms with Crippen molar-refractivity contribution in [1.29, 1.82) is 0 Å². The summed E-state index contributed by atoms with van der Waals surface area (Å²) in [7, 11) is 0. The Morgan fingerprint density at radius 3 is 2.85 bits per heavy atom. The average Bonchev–Trinajstić information content (AvgIpc) is 3.18. The number of hydrogen-bond donors (Lipinski definition) is 1. The Labute approximate surface area is 202 Å². The number of benzene rings is 1. The number of rotatable bonds is 10. The lowest BCUT2D eigenvalue weighted by molar-refractivity contribution is -0.187. The van der Waals surface area contributed by atoms with Crippen LogP contribution in [0.3, 0.4) is 0 Å². The number of ether oxygens (including phenoxy) is 2. The van der Waals surface area contributed by atoms with Gasteiger partial charge in [0.1, 0.15) is 0 Å². The molecule has 1 aromatic rings. The van der Waals surface area contributed by atoms with Crippen LogP contribution in [0.1, 0.15) is 82.3 Å². The number of nitrogens with zero attached hydrogens (tertiary/aromatic N) is 1. The molecule has 2 heterocycles. The summed E-state index contributed by atoms with van der Waals surface area (Å²) in [5, 5.41) is 12.2. The molecule has 2 fully saturated rings. The third-order valence-corrected chi connectivity index (χ3v) is 8.68. The Morgan fingerprint density at radius 1 is 1.26 bits per heavy atom. The van der Waals surface area contributed by atoms with E-state index in [9.17, 15) is 14.7 Å². The van der Waals surface area contributed by atoms with Crippen LogP contribution in [0.25, 0.3) is 0 Å². The molecule has 0 amide bonds. The lowest BCUT2D eigenvalue weighted by Crippen LogP contribution is -2.76. The first-order chi connectivity index (χ1) is 16.5. The average molecular weight is 468 g/mol. The number of likely N-dealkylation sites (tertiary alicyclic amines) is 1. The number of ketones is 1. The number of Topliss-reactive ketones (excluding diaryl/α,β-unsaturated/α-hetero) is 1. The van der Waals surface area contributed by atoms with Crippen LogP contribution in [0.2, 0.25) is 0 Å². The highest BCUT2D eigenvalue weighted by Crippen LogP contribution is 2.64. The number of carbonyl (C=O) groups is 2. The molecule has 6 nitrogen and oxygen atoms in total. The fourth-order valence-electron chi connectivity index (χ4n) is 7.09. The molecule has 4 atom stereocenters. The third kappa shape index (κ3) is 3.44. The van der Waals surface area contributed by atoms with E-state index in [-0.39, 0.29) is 17.8 Å². The van der Waals surface area contributed by atoms with E-state index in [1.807, 2.05) is 18.2 Å². The smallest absolute Gasteiger partial charge is 0.311 e. The van der Waals surface area contributed by atoms with Gasteiger partial charge in [-0.2, -0.15) is 0 Å². The van der Waals surface area contributed by atoms with E-state index in [2.05, 4.69) is 18.4 Å². The molecule has 2 aliphatic heterocycles. The summed E-state index contributed by atoms with van der Waals surface area (Å²) in [6.07, 6.45) is 10.2. The van der Waals surface area contributed by atoms with Crippen molar-refractivity contribution in [2.75, 3.05) is 13.1 Å². The molecular weight excluding hydrogens is 430 g/mol. The fourth-order valence-corrected chi connectivity index (χ4v) is 7.09. The molecule has 4 aliphatic rings. The molecule has 0 aromatic heterocycles. The molecule has 0 unspecified atom stereocenters. The second-order valence-corrected chi connectivity index (χ2v) is 10.5. The number of unbranched alkanes of at least 4 members (excludes halogenated alkanes) is 5. The van der Waals surface area contributed by atoms with Crippen LogP contribution in [-0.2, 0) is 21.4 Å². The third-order valence-electron chi connectivity index (χ3n) is 8.68. The number of piperidine rings is 1. The molecule has 34 heavy (non-hydrogen) atoms. The number of carbonyl (C=O) groups excluding carboxylic acids is 2. The summed E-state index contributed by atoms with van der Waals surface area (Å²) in [6, 6.07) is 3.73. The minimum absolute atomic E-state index is 0.0361. The Kier molecular flexibility index (Phi) is 6.32. The van der Waals surface area contributed by atoms with Gasteiger partial charge in [0.25, 0.3) is 0 Å². The van der Waals surface area contributed by atoms with Gasteiger partial charge in [0.2, 0.25) is 0 Å². The number of esters is 1. The first-order valence-electron chi connectivity index (χ1n) is 13.1. The van der Waals surface area contributed by atoms with E-state index < -0.39 is 17.1 Å². The zero-order valence-corrected chi connectivity index (χ0v) is 20.3. The summed E-state index contributed by atoms with van der Waals surface area (Å²) in [4.78, 5) is 28.0. The van der Waals surface area contributed by atoms with E-state index in [1.165, 1.54) is 19.3 Å². The van der Waals surface area contributed by atoms with Gasteiger partial charge < -0.3 is 14.6 Å². The van der Waals surface area contributed by atoms with Gasteiger partial charge in [0, 0.05) is 37.5 Å². The second-order valence-electron chi connectivity index (χ2n) is 10.5. The van der Waals surface area contributed by atoms with Crippen molar-refractivity contribution in [3.05, 3.63) is 35.9 Å². The van der Waals surface area contributed by atoms with Crippen molar-refractivity contribution in [3.8, 4) is 11.5 Å². The lowest BCUT2D eigenvalue weighted by atomic mass is 9.49. The monoisotopic (exact) mass is 467 g/mol. The van der Waals surface area contributed by atoms with E-state index in [0.717, 1.165) is 36.9 Å². The lowest BCUT2D eigenvalue weighted by Gasteiger charge is -2.62. The van der Waals surface area contributed by atoms with Crippen LogP contribution in [0.5, 0.6) is 11.5 Å². The van der Waals surface area contributed by atoms with Gasteiger partial charge in [0.05, 0.1) is 11.0 Å². The quantitative estimate of drug-likeness (QED) is 0.240. The van der Waals surface area contributed by atoms with Crippen LogP contribution in [-0.4, -0.2) is 52.6 Å². The topological polar surface area (TPSA) is 76.1 Å². The van der Waals surface area contributed by atoms with Crippen molar-refractivity contribution in [2.45, 2.75) is 101 Å². The van der Waals surface area contributed by atoms with Gasteiger partial charge in [-0.25, -0.2) is 0 Å². The highest BCUT2D eigenvalue weighted by Gasteiger charge is 2.73. The van der Waals surface area contributed by atoms with Gasteiger partial charge in [-0.1, -0.05) is 51.2 Å². The molecule has 0 radical (unpaired) electrons. The Hall–Kier alpha value is -2.18. The van der Waals surface area contributed by atoms with Crippen LogP contribution in [0, 0.1) is 0 Å². The molecule has 1 spiro atoms. The molecule has 184 valence electrons. The maximum atomic E-state index is 13.1. The normalized spacial score (nSPS) is 31.1. The van der Waals surface area contributed by atoms with Crippen LogP contribution in [0.15, 0.2) is 24.8 Å². The van der Waals surface area contributed by atoms with Crippen molar-refractivity contribution in [2.24, 2.45) is 0 Å². The zero-order valence-electron chi connectivity index (χ0n) is 20.3. The standard InChI is InChI=1S/C28H37NO5/c1-3-5-6-7-8-9-10-23(31)33-21-12-11-19-18-22-28(32)14-13-20(30)26-27(28,24(19)25(21)34-26)15-17-29(22)16-4-2/h4,11-12,22,26,32H,2-3,5-10,13-18H2,1H3/t22-,26-,27+,28+/m0/s1. The van der Waals surface area contributed by atoms with Crippen molar-refractivity contribution >= 4 is 11.8 Å². The van der Waals surface area contributed by atoms with Gasteiger partial charge >= 0.3 is 5.97 Å². The maximum absolute atomic E-state index is 13.1. The summed E-state index contributed by atoms with van der Waals surface area (Å²) < 4.78 is 12.1. The molecule has 1 saturated carbocycles. The summed E-state index contributed by atoms with van der Waals surface area (Å²) in [6.45, 7) is 7.57. The first-order valence-corrected chi connectivity index (χ1v) is 13.1. The Bertz CT molecular complexity index is 989. The minimum atomic E-state index is -1.05. The number of aliphatic hydroxyl groups is 1. The van der Waals surface area contributed by atoms with E-state index in [4.69, 9.17) is 9.47 Å². The van der Waals surface area contributed by atoms with Gasteiger partial charge in [0.15, 0.2) is 23.4 Å². The van der Waals surface area contributed by atoms with E-state index >= 15 is 0 Å². The molecule has 2 bridgehead atoms. The molecule has 1 saturated heterocycles. The van der Waals surface area contributed by atoms with Crippen molar-refractivity contribution in [3.63, 3.8) is 0 Å². The summed E-state index contributed by atoms with van der Waals surface area (Å²) in [5.74, 6) is 0.663. The van der Waals surface area contributed by atoms with Gasteiger partial charge in [-0.05, 0) is 37.3 Å². The zero-order chi connectivity index (χ0) is 23.9. The fraction of sp³-hybridized carbons (Fsp3) is 0.643. The molecular formula is C28H37NO5. The van der Waals surface area contributed by atoms with Crippen LogP contribution < -0.4 is 9.47 Å². The molecule has 1 N–H and O–H groups in total. The number of hydrogen-bond acceptors (Lipinski definition) is 6. The Balaban J connectivity index is 1.42. The highest BCUT2D eigenvalue weighted by molar-refractivity contribution is 5.90. The largest absolute Gasteiger partial charge is 0.477 e. The highest BCUT2D eigenvalue weighted by atomic mass is 16.6. The predicted octanol–water partition coefficient (Wildman–Crippen LogP) is 4.25. The van der Waals surface area contributed by atoms with Crippen LogP contribution in [0.4, 0.5) is 0 Å². The van der Waals surface area contributed by atoms with Gasteiger partial charge in [-0.3, -0.25) is 14.5 Å². The van der Waals surface area contributed by atoms with Gasteiger partial charge in [-0.15, -0.1) is 6.58 Å². The minimum Gasteiger partial charge on any atom is -0.477 e. The molecule has 6 heteroatoms. The molecule has 1 aromatic carbocycles. The maximum Gasteiger partial charge on any atom is 0.311 e. The first kappa shape index (κ1) is 23.6. The second kappa shape index (κ2) is 9.12. The SMILES string of the molecule is C=CCN1CC[C@@]23c4c5ccc(OC(=O)CCCCCCCC)c4O[C@H]2C(=O)CC[C@@]3(O)[C@@H]1C5. The van der Waals surface area contributed by atoms with Crippen molar-refractivity contribution in [1.82, 2.24) is 4.90 Å². The molecule has 2 aliphatic carbocycles. The summed E-state index contributed by atoms with van der Waals surface area (Å²) >= 11 is 0. The van der Waals surface area contributed by atoms with E-state index in [0.29, 0.717) is 50.1 Å². The van der Waals surface area contributed by atoms with Crippen molar-refractivity contribution < 1.29 is 24.2 Å². The van der Waals surface area contributed by atoms with E-state index in [1.54, 1.807) is 0 Å². The molecule has 5 rings (SSSR count).